The molecule has 6 nitrogen and oxygen atoms in total. The highest BCUT2D eigenvalue weighted by Crippen LogP contribution is 2.37. The number of esters is 1. The Labute approximate surface area is 158 Å². The first-order chi connectivity index (χ1) is 13.1. The van der Waals surface area contributed by atoms with Gasteiger partial charge >= 0.3 is 5.97 Å². The van der Waals surface area contributed by atoms with Crippen molar-refractivity contribution in [1.29, 1.82) is 0 Å². The highest BCUT2D eigenvalue weighted by atomic mass is 16.5. The minimum atomic E-state index is -0.602. The largest absolute Gasteiger partial charge is 0.468 e. The van der Waals surface area contributed by atoms with Gasteiger partial charge in [-0.05, 0) is 48.1 Å². The van der Waals surface area contributed by atoms with Gasteiger partial charge in [0.05, 0.1) is 12.5 Å². The Morgan fingerprint density at radius 2 is 1.85 bits per heavy atom. The summed E-state index contributed by atoms with van der Waals surface area (Å²) in [6.07, 6.45) is 5.34. The minimum absolute atomic E-state index is 0.121. The number of pyridine rings is 1. The zero-order valence-electron chi connectivity index (χ0n) is 15.4. The SMILES string of the molecule is COC(=O)CNC(=O)C1(Cc2ccccc2-c2ccncc2)CCOCC1. The third-order valence-corrected chi connectivity index (χ3v) is 5.09. The Morgan fingerprint density at radius 3 is 2.56 bits per heavy atom. The second kappa shape index (κ2) is 8.77. The Balaban J connectivity index is 1.87. The van der Waals surface area contributed by atoms with Crippen molar-refractivity contribution in [3.63, 3.8) is 0 Å². The zero-order valence-corrected chi connectivity index (χ0v) is 15.4. The molecule has 2 heterocycles. The van der Waals surface area contributed by atoms with Gasteiger partial charge in [-0.15, -0.1) is 0 Å². The lowest BCUT2D eigenvalue weighted by Gasteiger charge is -2.36. The van der Waals surface area contributed by atoms with Crippen molar-refractivity contribution in [2.24, 2.45) is 5.41 Å². The second-order valence-electron chi connectivity index (χ2n) is 6.72. The van der Waals surface area contributed by atoms with Gasteiger partial charge in [-0.25, -0.2) is 0 Å². The van der Waals surface area contributed by atoms with Gasteiger partial charge in [0.25, 0.3) is 0 Å². The van der Waals surface area contributed by atoms with Crippen molar-refractivity contribution in [3.8, 4) is 11.1 Å². The van der Waals surface area contributed by atoms with E-state index in [1.807, 2.05) is 24.3 Å². The van der Waals surface area contributed by atoms with E-state index in [2.05, 4.69) is 27.2 Å². The molecule has 2 aromatic rings. The van der Waals surface area contributed by atoms with Crippen LogP contribution in [-0.4, -0.2) is 43.7 Å². The molecular formula is C21H24N2O4. The number of carbonyl (C=O) groups is 2. The second-order valence-corrected chi connectivity index (χ2v) is 6.72. The molecule has 1 aromatic heterocycles. The summed E-state index contributed by atoms with van der Waals surface area (Å²) in [6.45, 7) is 0.941. The number of aromatic nitrogens is 1. The first-order valence-corrected chi connectivity index (χ1v) is 9.06. The summed E-state index contributed by atoms with van der Waals surface area (Å²) in [4.78, 5) is 28.5. The van der Waals surface area contributed by atoms with Gasteiger partial charge in [0.1, 0.15) is 6.54 Å². The van der Waals surface area contributed by atoms with Crippen LogP contribution in [0, 0.1) is 5.41 Å². The Bertz CT molecular complexity index is 786. The Kier molecular flexibility index (Phi) is 6.19. The third kappa shape index (κ3) is 4.52. The van der Waals surface area contributed by atoms with E-state index >= 15 is 0 Å². The molecule has 0 aliphatic carbocycles. The standard InChI is InChI=1S/C21H24N2O4/c1-26-19(24)15-23-20(25)21(8-12-27-13-9-21)14-17-4-2-3-5-18(17)16-6-10-22-11-7-16/h2-7,10-11H,8-9,12-15H2,1H3,(H,23,25). The lowest BCUT2D eigenvalue weighted by atomic mass is 9.73. The fourth-order valence-corrected chi connectivity index (χ4v) is 3.51. The Morgan fingerprint density at radius 1 is 1.15 bits per heavy atom. The van der Waals surface area contributed by atoms with E-state index in [0.29, 0.717) is 32.5 Å². The molecule has 1 aromatic carbocycles. The van der Waals surface area contributed by atoms with Gasteiger partial charge < -0.3 is 14.8 Å². The quantitative estimate of drug-likeness (QED) is 0.792. The van der Waals surface area contributed by atoms with Crippen LogP contribution in [0.5, 0.6) is 0 Å². The van der Waals surface area contributed by atoms with Crippen molar-refractivity contribution >= 4 is 11.9 Å². The summed E-state index contributed by atoms with van der Waals surface area (Å²) >= 11 is 0. The number of nitrogens with one attached hydrogen (secondary N) is 1. The first kappa shape index (κ1) is 19.0. The van der Waals surface area contributed by atoms with Crippen LogP contribution >= 0.6 is 0 Å². The molecule has 0 saturated carbocycles. The monoisotopic (exact) mass is 368 g/mol. The maximum Gasteiger partial charge on any atom is 0.325 e. The Hall–Kier alpha value is -2.73. The van der Waals surface area contributed by atoms with Crippen molar-refractivity contribution < 1.29 is 19.1 Å². The number of methoxy groups -OCH3 is 1. The van der Waals surface area contributed by atoms with Crippen LogP contribution in [-0.2, 0) is 25.5 Å². The number of benzene rings is 1. The molecule has 1 aliphatic heterocycles. The molecule has 0 unspecified atom stereocenters. The van der Waals surface area contributed by atoms with E-state index in [1.54, 1.807) is 12.4 Å². The molecule has 0 spiro atoms. The molecular weight excluding hydrogens is 344 g/mol. The van der Waals surface area contributed by atoms with E-state index in [1.165, 1.54) is 7.11 Å². The molecule has 1 N–H and O–H groups in total. The summed E-state index contributed by atoms with van der Waals surface area (Å²) in [5.41, 5.74) is 2.65. The molecule has 1 amide bonds. The van der Waals surface area contributed by atoms with Crippen LogP contribution in [0.3, 0.4) is 0 Å². The summed E-state index contributed by atoms with van der Waals surface area (Å²) in [5, 5.41) is 2.74. The molecule has 1 fully saturated rings. The van der Waals surface area contributed by atoms with E-state index in [4.69, 9.17) is 4.74 Å². The van der Waals surface area contributed by atoms with E-state index in [0.717, 1.165) is 16.7 Å². The number of ether oxygens (including phenoxy) is 2. The normalized spacial score (nSPS) is 15.7. The fourth-order valence-electron chi connectivity index (χ4n) is 3.51. The average Bonchev–Trinajstić information content (AvgIpc) is 2.73. The van der Waals surface area contributed by atoms with Crippen LogP contribution < -0.4 is 5.32 Å². The summed E-state index contributed by atoms with van der Waals surface area (Å²) in [5.74, 6) is -0.580. The van der Waals surface area contributed by atoms with Gasteiger partial charge in [0.2, 0.25) is 5.91 Å². The molecule has 3 rings (SSSR count). The van der Waals surface area contributed by atoms with Gasteiger partial charge in [-0.3, -0.25) is 14.6 Å². The van der Waals surface area contributed by atoms with Crippen LogP contribution in [0.15, 0.2) is 48.8 Å². The number of hydrogen-bond donors (Lipinski definition) is 1. The van der Waals surface area contributed by atoms with E-state index < -0.39 is 11.4 Å². The lowest BCUT2D eigenvalue weighted by molar-refractivity contribution is -0.144. The van der Waals surface area contributed by atoms with Crippen LogP contribution in [0.25, 0.3) is 11.1 Å². The van der Waals surface area contributed by atoms with Crippen LogP contribution in [0.1, 0.15) is 18.4 Å². The maximum absolute atomic E-state index is 13.0. The predicted octanol–water partition coefficient (Wildman–Crippen LogP) is 2.38. The lowest BCUT2D eigenvalue weighted by Crippen LogP contribution is -2.47. The van der Waals surface area contributed by atoms with Crippen LogP contribution in [0.4, 0.5) is 0 Å². The summed E-state index contributed by atoms with van der Waals surface area (Å²) in [6, 6.07) is 12.0. The van der Waals surface area contributed by atoms with Crippen molar-refractivity contribution in [2.45, 2.75) is 19.3 Å². The first-order valence-electron chi connectivity index (χ1n) is 9.06. The van der Waals surface area contributed by atoms with Gasteiger partial charge in [-0.2, -0.15) is 0 Å². The molecule has 6 heteroatoms. The summed E-state index contributed by atoms with van der Waals surface area (Å²) < 4.78 is 10.1. The van der Waals surface area contributed by atoms with E-state index in [-0.39, 0.29) is 12.5 Å². The van der Waals surface area contributed by atoms with Crippen LogP contribution in [0.2, 0.25) is 0 Å². The minimum Gasteiger partial charge on any atom is -0.468 e. The number of carbonyl (C=O) groups excluding carboxylic acids is 2. The van der Waals surface area contributed by atoms with Gasteiger partial charge in [0, 0.05) is 25.6 Å². The number of nitrogens with zero attached hydrogens (tertiary/aromatic N) is 1. The maximum atomic E-state index is 13.0. The number of hydrogen-bond acceptors (Lipinski definition) is 5. The predicted molar refractivity (Wildman–Crippen MR) is 101 cm³/mol. The van der Waals surface area contributed by atoms with Crippen molar-refractivity contribution in [3.05, 3.63) is 54.4 Å². The molecule has 1 saturated heterocycles. The van der Waals surface area contributed by atoms with E-state index in [9.17, 15) is 9.59 Å². The topological polar surface area (TPSA) is 77.5 Å². The third-order valence-electron chi connectivity index (χ3n) is 5.09. The number of amides is 1. The zero-order chi connectivity index (χ0) is 19.1. The van der Waals surface area contributed by atoms with Crippen molar-refractivity contribution in [2.75, 3.05) is 26.9 Å². The molecule has 1 aliphatic rings. The van der Waals surface area contributed by atoms with Crippen molar-refractivity contribution in [1.82, 2.24) is 10.3 Å². The molecule has 142 valence electrons. The highest BCUT2D eigenvalue weighted by molar-refractivity contribution is 5.87. The molecule has 0 radical (unpaired) electrons. The number of rotatable bonds is 6. The molecule has 0 bridgehead atoms. The molecule has 0 atom stereocenters. The molecule has 27 heavy (non-hydrogen) atoms. The van der Waals surface area contributed by atoms with Gasteiger partial charge in [-0.1, -0.05) is 24.3 Å². The highest BCUT2D eigenvalue weighted by Gasteiger charge is 2.40. The average molecular weight is 368 g/mol. The fraction of sp³-hybridized carbons (Fsp3) is 0.381. The smallest absolute Gasteiger partial charge is 0.325 e. The summed E-state index contributed by atoms with van der Waals surface area (Å²) in [7, 11) is 1.31. The van der Waals surface area contributed by atoms with Gasteiger partial charge in [0.15, 0.2) is 0 Å².